The van der Waals surface area contributed by atoms with E-state index in [4.69, 9.17) is 5.73 Å². The van der Waals surface area contributed by atoms with Crippen LogP contribution in [0.1, 0.15) is 24.1 Å². The molecule has 0 aliphatic heterocycles. The summed E-state index contributed by atoms with van der Waals surface area (Å²) in [6.45, 7) is 0. The lowest BCUT2D eigenvalue weighted by atomic mass is 9.86. The van der Waals surface area contributed by atoms with E-state index < -0.39 is 0 Å². The Kier molecular flexibility index (Phi) is 2.27. The van der Waals surface area contributed by atoms with Crippen molar-refractivity contribution in [1.29, 1.82) is 0 Å². The van der Waals surface area contributed by atoms with Gasteiger partial charge in [0.05, 0.1) is 5.69 Å². The second-order valence-corrected chi connectivity index (χ2v) is 4.05. The van der Waals surface area contributed by atoms with Crippen LogP contribution < -0.4 is 5.73 Å². The van der Waals surface area contributed by atoms with E-state index in [0.29, 0.717) is 12.3 Å². The predicted octanol–water partition coefficient (Wildman–Crippen LogP) is 0.400. The maximum atomic E-state index is 10.8. The van der Waals surface area contributed by atoms with Gasteiger partial charge in [0.25, 0.3) is 0 Å². The zero-order valence-corrected chi connectivity index (χ0v) is 8.36. The van der Waals surface area contributed by atoms with Gasteiger partial charge in [-0.2, -0.15) is 5.10 Å². The molecule has 0 radical (unpaired) electrons. The molecular weight excluding hydrogens is 178 g/mol. The lowest BCUT2D eigenvalue weighted by Gasteiger charge is -2.19. The number of aryl methyl sites for hydroxylation is 2. The number of carbonyl (C=O) groups is 1. The lowest BCUT2D eigenvalue weighted by Crippen LogP contribution is -2.21. The minimum atomic E-state index is -0.192. The van der Waals surface area contributed by atoms with Gasteiger partial charge in [-0.05, 0) is 30.7 Å². The van der Waals surface area contributed by atoms with Crippen molar-refractivity contribution < 1.29 is 4.79 Å². The minimum Gasteiger partial charge on any atom is -0.370 e. The molecule has 1 aromatic rings. The summed E-state index contributed by atoms with van der Waals surface area (Å²) in [4.78, 5) is 10.8. The zero-order valence-electron chi connectivity index (χ0n) is 8.36. The Labute approximate surface area is 83.1 Å². The number of amides is 1. The summed E-state index contributed by atoms with van der Waals surface area (Å²) in [5.74, 6) is 0.228. The van der Waals surface area contributed by atoms with Crippen molar-refractivity contribution in [3.63, 3.8) is 0 Å². The van der Waals surface area contributed by atoms with Crippen molar-refractivity contribution in [3.05, 3.63) is 17.5 Å². The molecule has 1 aliphatic rings. The second kappa shape index (κ2) is 3.44. The van der Waals surface area contributed by atoms with Crippen molar-refractivity contribution >= 4 is 5.91 Å². The first-order valence-corrected chi connectivity index (χ1v) is 4.95. The quantitative estimate of drug-likeness (QED) is 0.739. The summed E-state index contributed by atoms with van der Waals surface area (Å²) in [5, 5.41) is 4.37. The van der Waals surface area contributed by atoms with Gasteiger partial charge in [0.15, 0.2) is 0 Å². The van der Waals surface area contributed by atoms with Crippen LogP contribution in [0.4, 0.5) is 0 Å². The fourth-order valence-electron chi connectivity index (χ4n) is 2.18. The number of hydrogen-bond donors (Lipinski definition) is 1. The van der Waals surface area contributed by atoms with Gasteiger partial charge in [-0.25, -0.2) is 0 Å². The molecule has 4 heteroatoms. The summed E-state index contributed by atoms with van der Waals surface area (Å²) in [6, 6.07) is 0. The average molecular weight is 193 g/mol. The molecule has 1 atom stereocenters. The Bertz CT molecular complexity index is 356. The molecule has 2 N–H and O–H groups in total. The number of nitrogens with zero attached hydrogens (tertiary/aromatic N) is 2. The molecule has 0 bridgehead atoms. The Morgan fingerprint density at radius 2 is 2.57 bits per heavy atom. The van der Waals surface area contributed by atoms with E-state index in [-0.39, 0.29) is 5.91 Å². The normalized spacial score (nSPS) is 20.5. The fraction of sp³-hybridized carbons (Fsp3) is 0.600. The molecule has 76 valence electrons. The number of fused-ring (bicyclic) bond motifs is 1. The third-order valence-corrected chi connectivity index (χ3v) is 2.78. The van der Waals surface area contributed by atoms with Gasteiger partial charge >= 0.3 is 0 Å². The first kappa shape index (κ1) is 9.24. The van der Waals surface area contributed by atoms with Crippen molar-refractivity contribution in [3.8, 4) is 0 Å². The fourth-order valence-corrected chi connectivity index (χ4v) is 2.18. The summed E-state index contributed by atoms with van der Waals surface area (Å²) in [7, 11) is 1.93. The van der Waals surface area contributed by atoms with E-state index in [9.17, 15) is 4.79 Å². The van der Waals surface area contributed by atoms with Crippen molar-refractivity contribution in [2.45, 2.75) is 25.7 Å². The molecule has 1 amide bonds. The van der Waals surface area contributed by atoms with Gasteiger partial charge < -0.3 is 5.73 Å². The van der Waals surface area contributed by atoms with Crippen LogP contribution in [0.15, 0.2) is 6.20 Å². The molecule has 0 saturated carbocycles. The third kappa shape index (κ3) is 1.78. The topological polar surface area (TPSA) is 60.9 Å². The second-order valence-electron chi connectivity index (χ2n) is 4.05. The molecule has 1 aromatic heterocycles. The van der Waals surface area contributed by atoms with E-state index in [1.807, 2.05) is 17.9 Å². The highest BCUT2D eigenvalue weighted by atomic mass is 16.1. The molecular formula is C10H15N3O. The SMILES string of the molecule is Cn1cc2c(n1)CCC(CC(N)=O)C2. The number of hydrogen-bond acceptors (Lipinski definition) is 2. The van der Waals surface area contributed by atoms with Crippen LogP contribution in [0, 0.1) is 5.92 Å². The van der Waals surface area contributed by atoms with Gasteiger partial charge in [-0.15, -0.1) is 0 Å². The summed E-state index contributed by atoms with van der Waals surface area (Å²) in [6.07, 6.45) is 5.52. The van der Waals surface area contributed by atoms with Crippen LogP contribution in [0.25, 0.3) is 0 Å². The van der Waals surface area contributed by atoms with Crippen molar-refractivity contribution in [2.24, 2.45) is 18.7 Å². The van der Waals surface area contributed by atoms with Crippen LogP contribution in [0.3, 0.4) is 0 Å². The number of rotatable bonds is 2. The maximum Gasteiger partial charge on any atom is 0.217 e. The summed E-state index contributed by atoms with van der Waals surface area (Å²) >= 11 is 0. The Morgan fingerprint density at radius 3 is 3.29 bits per heavy atom. The molecule has 0 aromatic carbocycles. The van der Waals surface area contributed by atoms with Crippen LogP contribution in [0.5, 0.6) is 0 Å². The van der Waals surface area contributed by atoms with Crippen molar-refractivity contribution in [2.75, 3.05) is 0 Å². The molecule has 0 fully saturated rings. The van der Waals surface area contributed by atoms with Gasteiger partial charge in [0.2, 0.25) is 5.91 Å². The monoisotopic (exact) mass is 193 g/mol. The predicted molar refractivity (Wildman–Crippen MR) is 52.5 cm³/mol. The first-order valence-electron chi connectivity index (χ1n) is 4.95. The van der Waals surface area contributed by atoms with E-state index in [2.05, 4.69) is 5.10 Å². The van der Waals surface area contributed by atoms with Crippen molar-refractivity contribution in [1.82, 2.24) is 9.78 Å². The number of nitrogens with two attached hydrogens (primary N) is 1. The highest BCUT2D eigenvalue weighted by molar-refractivity contribution is 5.74. The Hall–Kier alpha value is -1.32. The molecule has 0 spiro atoms. The molecule has 2 rings (SSSR count). The van der Waals surface area contributed by atoms with Gasteiger partial charge in [-0.1, -0.05) is 0 Å². The van der Waals surface area contributed by atoms with Gasteiger partial charge in [-0.3, -0.25) is 9.48 Å². The molecule has 1 unspecified atom stereocenters. The van der Waals surface area contributed by atoms with E-state index >= 15 is 0 Å². The van der Waals surface area contributed by atoms with Crippen LogP contribution in [-0.4, -0.2) is 15.7 Å². The van der Waals surface area contributed by atoms with E-state index in [0.717, 1.165) is 19.3 Å². The first-order chi connectivity index (χ1) is 6.65. The van der Waals surface area contributed by atoms with E-state index in [1.165, 1.54) is 11.3 Å². The maximum absolute atomic E-state index is 10.8. The van der Waals surface area contributed by atoms with Gasteiger partial charge in [0.1, 0.15) is 0 Å². The average Bonchev–Trinajstić information content (AvgIpc) is 2.42. The Morgan fingerprint density at radius 1 is 1.79 bits per heavy atom. The highest BCUT2D eigenvalue weighted by Crippen LogP contribution is 2.26. The zero-order chi connectivity index (χ0) is 10.1. The van der Waals surface area contributed by atoms with Gasteiger partial charge in [0, 0.05) is 19.7 Å². The number of carbonyl (C=O) groups excluding carboxylic acids is 1. The van der Waals surface area contributed by atoms with Crippen LogP contribution >= 0.6 is 0 Å². The Balaban J connectivity index is 2.09. The summed E-state index contributed by atoms with van der Waals surface area (Å²) in [5.41, 5.74) is 7.66. The largest absolute Gasteiger partial charge is 0.370 e. The molecule has 0 saturated heterocycles. The number of aromatic nitrogens is 2. The van der Waals surface area contributed by atoms with Crippen LogP contribution in [-0.2, 0) is 24.7 Å². The minimum absolute atomic E-state index is 0.192. The van der Waals surface area contributed by atoms with Crippen LogP contribution in [0.2, 0.25) is 0 Å². The molecule has 4 nitrogen and oxygen atoms in total. The highest BCUT2D eigenvalue weighted by Gasteiger charge is 2.22. The smallest absolute Gasteiger partial charge is 0.217 e. The molecule has 1 heterocycles. The lowest BCUT2D eigenvalue weighted by molar-refractivity contribution is -0.119. The molecule has 1 aliphatic carbocycles. The number of primary amides is 1. The summed E-state index contributed by atoms with van der Waals surface area (Å²) < 4.78 is 1.84. The standard InChI is InChI=1S/C10H15N3O/c1-13-6-8-4-7(5-10(11)14)2-3-9(8)12-13/h6-7H,2-5H2,1H3,(H2,11,14). The third-order valence-electron chi connectivity index (χ3n) is 2.78. The van der Waals surface area contributed by atoms with E-state index in [1.54, 1.807) is 0 Å². The molecule has 14 heavy (non-hydrogen) atoms.